The van der Waals surface area contributed by atoms with Crippen LogP contribution in [0, 0.1) is 10.1 Å². The standard InChI is InChI=1S/C8H8N2O4/c1-5(8(11)12)6-2-3-9-4-7(6)10(13)14/h2-5H,1H3,(H,11,12). The molecule has 0 aliphatic rings. The molecule has 1 unspecified atom stereocenters. The van der Waals surface area contributed by atoms with Gasteiger partial charge in [0.05, 0.1) is 10.8 Å². The lowest BCUT2D eigenvalue weighted by molar-refractivity contribution is -0.386. The summed E-state index contributed by atoms with van der Waals surface area (Å²) in [5.41, 5.74) is -0.0973. The zero-order valence-corrected chi connectivity index (χ0v) is 7.38. The number of aromatic nitrogens is 1. The number of carbonyl (C=O) groups is 1. The fraction of sp³-hybridized carbons (Fsp3) is 0.250. The Bertz CT molecular complexity index is 377. The van der Waals surface area contributed by atoms with Gasteiger partial charge in [-0.1, -0.05) is 0 Å². The number of carboxylic acids is 1. The maximum Gasteiger partial charge on any atom is 0.310 e. The first kappa shape index (κ1) is 10.1. The van der Waals surface area contributed by atoms with Crippen LogP contribution in [0.5, 0.6) is 0 Å². The van der Waals surface area contributed by atoms with Gasteiger partial charge in [0, 0.05) is 11.8 Å². The molecule has 6 heteroatoms. The van der Waals surface area contributed by atoms with E-state index in [9.17, 15) is 14.9 Å². The molecule has 1 N–H and O–H groups in total. The zero-order valence-electron chi connectivity index (χ0n) is 7.38. The Morgan fingerprint density at radius 3 is 2.86 bits per heavy atom. The van der Waals surface area contributed by atoms with Gasteiger partial charge < -0.3 is 5.11 Å². The molecule has 0 aliphatic carbocycles. The third-order valence-electron chi connectivity index (χ3n) is 1.87. The summed E-state index contributed by atoms with van der Waals surface area (Å²) in [7, 11) is 0. The van der Waals surface area contributed by atoms with Crippen molar-refractivity contribution in [2.45, 2.75) is 12.8 Å². The van der Waals surface area contributed by atoms with Crippen LogP contribution in [0.2, 0.25) is 0 Å². The first-order valence-electron chi connectivity index (χ1n) is 3.85. The van der Waals surface area contributed by atoms with Gasteiger partial charge in [-0.25, -0.2) is 0 Å². The van der Waals surface area contributed by atoms with Crippen LogP contribution < -0.4 is 0 Å². The summed E-state index contributed by atoms with van der Waals surface area (Å²) in [6, 6.07) is 1.34. The molecule has 6 nitrogen and oxygen atoms in total. The van der Waals surface area contributed by atoms with Crippen molar-refractivity contribution in [2.75, 3.05) is 0 Å². The average molecular weight is 196 g/mol. The Morgan fingerprint density at radius 1 is 1.71 bits per heavy atom. The smallest absolute Gasteiger partial charge is 0.310 e. The molecule has 1 atom stereocenters. The Kier molecular flexibility index (Phi) is 2.76. The number of nitro groups is 1. The second-order valence-electron chi connectivity index (χ2n) is 2.75. The minimum Gasteiger partial charge on any atom is -0.481 e. The number of rotatable bonds is 3. The van der Waals surface area contributed by atoms with E-state index >= 15 is 0 Å². The first-order valence-corrected chi connectivity index (χ1v) is 3.85. The van der Waals surface area contributed by atoms with Crippen LogP contribution in [0.25, 0.3) is 0 Å². The summed E-state index contributed by atoms with van der Waals surface area (Å²) in [5.74, 6) is -2.00. The molecule has 0 saturated carbocycles. The van der Waals surface area contributed by atoms with Crippen molar-refractivity contribution in [3.05, 3.63) is 34.1 Å². The molecule has 1 rings (SSSR count). The topological polar surface area (TPSA) is 93.3 Å². The third kappa shape index (κ3) is 1.85. The van der Waals surface area contributed by atoms with Crippen LogP contribution in [0.1, 0.15) is 18.4 Å². The highest BCUT2D eigenvalue weighted by atomic mass is 16.6. The van der Waals surface area contributed by atoms with Crippen LogP contribution in [0.15, 0.2) is 18.5 Å². The van der Waals surface area contributed by atoms with Gasteiger partial charge >= 0.3 is 5.97 Å². The first-order chi connectivity index (χ1) is 6.54. The van der Waals surface area contributed by atoms with E-state index in [0.29, 0.717) is 0 Å². The van der Waals surface area contributed by atoms with E-state index in [2.05, 4.69) is 4.98 Å². The number of hydrogen-bond donors (Lipinski definition) is 1. The quantitative estimate of drug-likeness (QED) is 0.578. The molecule has 1 aromatic rings. The largest absolute Gasteiger partial charge is 0.481 e. The van der Waals surface area contributed by atoms with Crippen molar-refractivity contribution in [1.29, 1.82) is 0 Å². The van der Waals surface area contributed by atoms with Crippen molar-refractivity contribution in [1.82, 2.24) is 4.98 Å². The summed E-state index contributed by atoms with van der Waals surface area (Å²) in [6.45, 7) is 1.39. The van der Waals surface area contributed by atoms with E-state index in [1.807, 2.05) is 0 Å². The van der Waals surface area contributed by atoms with Gasteiger partial charge in [0.15, 0.2) is 0 Å². The number of pyridine rings is 1. The molecule has 1 heterocycles. The lowest BCUT2D eigenvalue weighted by atomic mass is 10.0. The lowest BCUT2D eigenvalue weighted by Crippen LogP contribution is -2.09. The van der Waals surface area contributed by atoms with E-state index in [0.717, 1.165) is 6.20 Å². The van der Waals surface area contributed by atoms with Gasteiger partial charge in [-0.2, -0.15) is 0 Å². The highest BCUT2D eigenvalue weighted by molar-refractivity contribution is 5.77. The van der Waals surface area contributed by atoms with E-state index in [4.69, 9.17) is 5.11 Å². The molecule has 1 aromatic heterocycles. The van der Waals surface area contributed by atoms with Gasteiger partial charge in [0.2, 0.25) is 0 Å². The fourth-order valence-electron chi connectivity index (χ4n) is 1.05. The third-order valence-corrected chi connectivity index (χ3v) is 1.87. The molecule has 0 fully saturated rings. The van der Waals surface area contributed by atoms with Gasteiger partial charge in [0.25, 0.3) is 5.69 Å². The van der Waals surface area contributed by atoms with Gasteiger partial charge in [-0.15, -0.1) is 0 Å². The normalized spacial score (nSPS) is 12.1. The lowest BCUT2D eigenvalue weighted by Gasteiger charge is -2.05. The highest BCUT2D eigenvalue weighted by Gasteiger charge is 2.23. The highest BCUT2D eigenvalue weighted by Crippen LogP contribution is 2.24. The van der Waals surface area contributed by atoms with E-state index in [-0.39, 0.29) is 11.3 Å². The molecule has 0 aliphatic heterocycles. The van der Waals surface area contributed by atoms with Crippen molar-refractivity contribution in [2.24, 2.45) is 0 Å². The van der Waals surface area contributed by atoms with Crippen molar-refractivity contribution in [3.63, 3.8) is 0 Å². The maximum atomic E-state index is 10.6. The molecule has 0 amide bonds. The van der Waals surface area contributed by atoms with Crippen LogP contribution in [-0.4, -0.2) is 21.0 Å². The fourth-order valence-corrected chi connectivity index (χ4v) is 1.05. The molecule has 0 aromatic carbocycles. The molecule has 74 valence electrons. The van der Waals surface area contributed by atoms with Gasteiger partial charge in [-0.05, 0) is 13.0 Å². The molecule has 0 spiro atoms. The summed E-state index contributed by atoms with van der Waals surface area (Å²) in [6.07, 6.45) is 2.39. The molecular formula is C8H8N2O4. The number of carboxylic acid groups (broad SMARTS) is 1. The second-order valence-corrected chi connectivity index (χ2v) is 2.75. The maximum absolute atomic E-state index is 10.6. The van der Waals surface area contributed by atoms with Crippen LogP contribution >= 0.6 is 0 Å². The number of nitrogens with zero attached hydrogens (tertiary/aromatic N) is 2. The Morgan fingerprint density at radius 2 is 2.36 bits per heavy atom. The van der Waals surface area contributed by atoms with Crippen molar-refractivity contribution >= 4 is 11.7 Å². The summed E-state index contributed by atoms with van der Waals surface area (Å²) < 4.78 is 0. The van der Waals surface area contributed by atoms with Crippen molar-refractivity contribution in [3.8, 4) is 0 Å². The second kappa shape index (κ2) is 3.82. The summed E-state index contributed by atoms with van der Waals surface area (Å²) >= 11 is 0. The molecule has 14 heavy (non-hydrogen) atoms. The predicted molar refractivity (Wildman–Crippen MR) is 46.9 cm³/mol. The number of aliphatic carboxylic acids is 1. The Labute approximate surface area is 79.4 Å². The molecular weight excluding hydrogens is 188 g/mol. The molecule has 0 radical (unpaired) electrons. The van der Waals surface area contributed by atoms with E-state index in [1.54, 1.807) is 0 Å². The molecule has 0 saturated heterocycles. The van der Waals surface area contributed by atoms with E-state index < -0.39 is 16.8 Å². The number of hydrogen-bond acceptors (Lipinski definition) is 4. The predicted octanol–water partition coefficient (Wildman–Crippen LogP) is 1.18. The summed E-state index contributed by atoms with van der Waals surface area (Å²) in [4.78, 5) is 24.1. The Hall–Kier alpha value is -1.98. The van der Waals surface area contributed by atoms with Gasteiger partial charge in [-0.3, -0.25) is 19.9 Å². The zero-order chi connectivity index (χ0) is 10.7. The van der Waals surface area contributed by atoms with Gasteiger partial charge in [0.1, 0.15) is 6.20 Å². The van der Waals surface area contributed by atoms with Crippen molar-refractivity contribution < 1.29 is 14.8 Å². The van der Waals surface area contributed by atoms with Crippen LogP contribution in [0.3, 0.4) is 0 Å². The SMILES string of the molecule is CC(C(=O)O)c1ccncc1[N+](=O)[O-]. The Balaban J connectivity index is 3.19. The minimum absolute atomic E-state index is 0.164. The minimum atomic E-state index is -1.10. The molecule has 0 bridgehead atoms. The van der Waals surface area contributed by atoms with Crippen LogP contribution in [-0.2, 0) is 4.79 Å². The van der Waals surface area contributed by atoms with E-state index in [1.165, 1.54) is 19.2 Å². The summed E-state index contributed by atoms with van der Waals surface area (Å²) in [5, 5.41) is 19.2. The monoisotopic (exact) mass is 196 g/mol. The van der Waals surface area contributed by atoms with Crippen LogP contribution in [0.4, 0.5) is 5.69 Å². The average Bonchev–Trinajstić information content (AvgIpc) is 2.16.